The maximum Gasteiger partial charge on any atom is 0.141 e. The average molecular weight is 233 g/mol. The first-order valence-electron chi connectivity index (χ1n) is 4.73. The number of hydrogen-bond acceptors (Lipinski definition) is 5. The third-order valence-electron chi connectivity index (χ3n) is 1.97. The average Bonchev–Trinajstić information content (AvgIpc) is 2.30. The molecule has 0 saturated heterocycles. The van der Waals surface area contributed by atoms with Crippen LogP contribution < -0.4 is 5.73 Å². The van der Waals surface area contributed by atoms with Gasteiger partial charge in [0.05, 0.1) is 18.1 Å². The minimum atomic E-state index is 0.288. The smallest absolute Gasteiger partial charge is 0.141 e. The van der Waals surface area contributed by atoms with Crippen LogP contribution in [0.5, 0.6) is 5.75 Å². The Labute approximate surface area is 97.5 Å². The zero-order chi connectivity index (χ0) is 11.4. The van der Waals surface area contributed by atoms with E-state index in [9.17, 15) is 5.11 Å². The van der Waals surface area contributed by atoms with Gasteiger partial charge in [-0.1, -0.05) is 12.1 Å². The molecule has 0 atom stereocenters. The number of aromatic hydroxyl groups is 1. The fourth-order valence-electron chi connectivity index (χ4n) is 1.17. The van der Waals surface area contributed by atoms with Gasteiger partial charge in [0.25, 0.3) is 0 Å². The van der Waals surface area contributed by atoms with E-state index in [1.54, 1.807) is 18.3 Å². The van der Waals surface area contributed by atoms with E-state index >= 15 is 0 Å². The van der Waals surface area contributed by atoms with Gasteiger partial charge >= 0.3 is 0 Å². The van der Waals surface area contributed by atoms with Crippen LogP contribution in [-0.2, 0) is 5.75 Å². The number of para-hydroxylation sites is 1. The molecule has 0 fully saturated rings. The highest BCUT2D eigenvalue weighted by atomic mass is 32.2. The molecule has 2 aromatic rings. The standard InChI is InChI=1S/C11H11N3OS/c12-11-6-13-8(5-14-11)7-16-10-4-2-1-3-9(10)15/h1-6,15H,7H2,(H2,12,14). The molecule has 16 heavy (non-hydrogen) atoms. The highest BCUT2D eigenvalue weighted by Crippen LogP contribution is 2.29. The minimum absolute atomic E-state index is 0.288. The molecular formula is C11H11N3OS. The Bertz CT molecular complexity index is 473. The Kier molecular flexibility index (Phi) is 3.26. The van der Waals surface area contributed by atoms with Crippen LogP contribution in [0.1, 0.15) is 5.69 Å². The van der Waals surface area contributed by atoms with Crippen molar-refractivity contribution in [3.05, 3.63) is 42.4 Å². The van der Waals surface area contributed by atoms with Crippen molar-refractivity contribution in [2.75, 3.05) is 5.73 Å². The van der Waals surface area contributed by atoms with Crippen molar-refractivity contribution in [3.63, 3.8) is 0 Å². The summed E-state index contributed by atoms with van der Waals surface area (Å²) in [6, 6.07) is 7.21. The van der Waals surface area contributed by atoms with Crippen LogP contribution in [0.3, 0.4) is 0 Å². The number of phenolic OH excluding ortho intramolecular Hbond substituents is 1. The van der Waals surface area contributed by atoms with Crippen LogP contribution in [0.15, 0.2) is 41.6 Å². The number of rotatable bonds is 3. The Morgan fingerprint density at radius 3 is 2.69 bits per heavy atom. The fraction of sp³-hybridized carbons (Fsp3) is 0.0909. The number of benzene rings is 1. The molecule has 0 aliphatic heterocycles. The van der Waals surface area contributed by atoms with Crippen LogP contribution in [-0.4, -0.2) is 15.1 Å². The number of phenols is 1. The topological polar surface area (TPSA) is 72.0 Å². The largest absolute Gasteiger partial charge is 0.507 e. The van der Waals surface area contributed by atoms with Crippen molar-refractivity contribution < 1.29 is 5.11 Å². The normalized spacial score (nSPS) is 10.2. The summed E-state index contributed by atoms with van der Waals surface area (Å²) in [7, 11) is 0. The van der Waals surface area contributed by atoms with Crippen molar-refractivity contribution in [1.29, 1.82) is 0 Å². The number of thioether (sulfide) groups is 1. The van der Waals surface area contributed by atoms with E-state index in [1.807, 2.05) is 12.1 Å². The zero-order valence-electron chi connectivity index (χ0n) is 8.50. The van der Waals surface area contributed by atoms with Gasteiger partial charge in [-0.2, -0.15) is 0 Å². The number of anilines is 1. The first-order valence-corrected chi connectivity index (χ1v) is 5.71. The molecule has 5 heteroatoms. The lowest BCUT2D eigenvalue weighted by atomic mass is 10.3. The summed E-state index contributed by atoms with van der Waals surface area (Å²) < 4.78 is 0. The second-order valence-corrected chi connectivity index (χ2v) is 4.21. The lowest BCUT2D eigenvalue weighted by molar-refractivity contribution is 0.462. The van der Waals surface area contributed by atoms with E-state index in [-0.39, 0.29) is 5.75 Å². The van der Waals surface area contributed by atoms with Crippen molar-refractivity contribution in [2.24, 2.45) is 0 Å². The fourth-order valence-corrected chi connectivity index (χ4v) is 2.01. The predicted octanol–water partition coefficient (Wildman–Crippen LogP) is 2.06. The summed E-state index contributed by atoms with van der Waals surface area (Å²) in [5.41, 5.74) is 6.27. The molecule has 0 amide bonds. The summed E-state index contributed by atoms with van der Waals surface area (Å²) in [6.45, 7) is 0. The monoisotopic (exact) mass is 233 g/mol. The maximum absolute atomic E-state index is 9.56. The molecule has 0 unspecified atom stereocenters. The lowest BCUT2D eigenvalue weighted by Gasteiger charge is -2.03. The molecular weight excluding hydrogens is 222 g/mol. The molecule has 1 heterocycles. The summed E-state index contributed by atoms with van der Waals surface area (Å²) in [4.78, 5) is 8.92. The van der Waals surface area contributed by atoms with Gasteiger partial charge < -0.3 is 10.8 Å². The second kappa shape index (κ2) is 4.85. The van der Waals surface area contributed by atoms with Gasteiger partial charge in [0.1, 0.15) is 11.6 Å². The Morgan fingerprint density at radius 1 is 1.19 bits per heavy atom. The van der Waals surface area contributed by atoms with Crippen molar-refractivity contribution in [3.8, 4) is 5.75 Å². The third kappa shape index (κ3) is 2.64. The van der Waals surface area contributed by atoms with Crippen LogP contribution in [0, 0.1) is 0 Å². The van der Waals surface area contributed by atoms with Gasteiger partial charge in [0.15, 0.2) is 0 Å². The SMILES string of the molecule is Nc1cnc(CSc2ccccc2O)cn1. The molecule has 2 rings (SSSR count). The Morgan fingerprint density at radius 2 is 2.00 bits per heavy atom. The zero-order valence-corrected chi connectivity index (χ0v) is 9.31. The van der Waals surface area contributed by atoms with Gasteiger partial charge in [-0.05, 0) is 12.1 Å². The molecule has 0 spiro atoms. The quantitative estimate of drug-likeness (QED) is 0.794. The van der Waals surface area contributed by atoms with Crippen molar-refractivity contribution in [1.82, 2.24) is 9.97 Å². The summed E-state index contributed by atoms with van der Waals surface area (Å²) in [5, 5.41) is 9.56. The van der Waals surface area contributed by atoms with Crippen molar-refractivity contribution >= 4 is 17.6 Å². The maximum atomic E-state index is 9.56. The molecule has 82 valence electrons. The van der Waals surface area contributed by atoms with Crippen LogP contribution in [0.25, 0.3) is 0 Å². The van der Waals surface area contributed by atoms with Gasteiger partial charge in [0, 0.05) is 10.6 Å². The third-order valence-corrected chi connectivity index (χ3v) is 3.06. The first-order chi connectivity index (χ1) is 7.75. The number of nitrogens with two attached hydrogens (primary N) is 1. The second-order valence-electron chi connectivity index (χ2n) is 3.19. The predicted molar refractivity (Wildman–Crippen MR) is 64.1 cm³/mol. The Balaban J connectivity index is 2.02. The van der Waals surface area contributed by atoms with Gasteiger partial charge in [0.2, 0.25) is 0 Å². The lowest BCUT2D eigenvalue weighted by Crippen LogP contribution is -1.94. The summed E-state index contributed by atoms with van der Waals surface area (Å²) >= 11 is 1.51. The van der Waals surface area contributed by atoms with Crippen LogP contribution >= 0.6 is 11.8 Å². The number of aromatic nitrogens is 2. The van der Waals surface area contributed by atoms with Crippen molar-refractivity contribution in [2.45, 2.75) is 10.6 Å². The highest BCUT2D eigenvalue weighted by molar-refractivity contribution is 7.98. The Hall–Kier alpha value is -1.75. The molecule has 1 aromatic carbocycles. The molecule has 0 saturated carbocycles. The first kappa shape index (κ1) is 10.8. The van der Waals surface area contributed by atoms with E-state index in [2.05, 4.69) is 9.97 Å². The van der Waals surface area contributed by atoms with E-state index in [0.717, 1.165) is 10.6 Å². The van der Waals surface area contributed by atoms with Crippen LogP contribution in [0.4, 0.5) is 5.82 Å². The summed E-state index contributed by atoms with van der Waals surface area (Å²) in [5.74, 6) is 1.36. The van der Waals surface area contributed by atoms with E-state index in [1.165, 1.54) is 18.0 Å². The van der Waals surface area contributed by atoms with Gasteiger partial charge in [-0.15, -0.1) is 11.8 Å². The van der Waals surface area contributed by atoms with Gasteiger partial charge in [-0.25, -0.2) is 4.98 Å². The summed E-state index contributed by atoms with van der Waals surface area (Å²) in [6.07, 6.45) is 3.17. The molecule has 4 nitrogen and oxygen atoms in total. The van der Waals surface area contributed by atoms with Gasteiger partial charge in [-0.3, -0.25) is 4.98 Å². The van der Waals surface area contributed by atoms with Crippen LogP contribution in [0.2, 0.25) is 0 Å². The highest BCUT2D eigenvalue weighted by Gasteiger charge is 2.02. The number of nitrogens with zero attached hydrogens (tertiary/aromatic N) is 2. The number of hydrogen-bond donors (Lipinski definition) is 2. The molecule has 0 aliphatic rings. The molecule has 3 N–H and O–H groups in total. The van der Waals surface area contributed by atoms with E-state index in [4.69, 9.17) is 5.73 Å². The molecule has 1 aromatic heterocycles. The molecule has 0 radical (unpaired) electrons. The van der Waals surface area contributed by atoms with E-state index < -0.39 is 0 Å². The van der Waals surface area contributed by atoms with E-state index in [0.29, 0.717) is 11.6 Å². The molecule has 0 bridgehead atoms. The number of nitrogen functional groups attached to an aromatic ring is 1. The minimum Gasteiger partial charge on any atom is -0.507 e. The molecule has 0 aliphatic carbocycles.